The summed E-state index contributed by atoms with van der Waals surface area (Å²) in [4.78, 5) is 14.3. The van der Waals surface area contributed by atoms with E-state index >= 15 is 0 Å². The summed E-state index contributed by atoms with van der Waals surface area (Å²) in [5.41, 5.74) is 2.63. The van der Waals surface area contributed by atoms with Crippen LogP contribution in [0.2, 0.25) is 0 Å². The van der Waals surface area contributed by atoms with Gasteiger partial charge < -0.3 is 10.2 Å². The number of nitrogens with zero attached hydrogens (tertiary/aromatic N) is 1. The first-order valence-corrected chi connectivity index (χ1v) is 6.88. The van der Waals surface area contributed by atoms with Gasteiger partial charge in [0, 0.05) is 19.5 Å². The maximum Gasteiger partial charge on any atom is 0.223 e. The second kappa shape index (κ2) is 5.11. The highest BCUT2D eigenvalue weighted by molar-refractivity contribution is 5.77. The van der Waals surface area contributed by atoms with E-state index < -0.39 is 0 Å². The van der Waals surface area contributed by atoms with E-state index in [1.54, 1.807) is 0 Å². The van der Waals surface area contributed by atoms with E-state index in [4.69, 9.17) is 0 Å². The molecule has 0 radical (unpaired) electrons. The Bertz CT molecular complexity index is 413. The fourth-order valence-corrected chi connectivity index (χ4v) is 2.98. The third-order valence-corrected chi connectivity index (χ3v) is 4.06. The van der Waals surface area contributed by atoms with Crippen LogP contribution in [0.4, 0.5) is 0 Å². The van der Waals surface area contributed by atoms with E-state index in [-0.39, 0.29) is 0 Å². The average molecular weight is 244 g/mol. The lowest BCUT2D eigenvalue weighted by Gasteiger charge is -2.24. The van der Waals surface area contributed by atoms with Gasteiger partial charge in [0.1, 0.15) is 0 Å². The molecule has 3 heteroatoms. The van der Waals surface area contributed by atoms with Crippen molar-refractivity contribution in [2.24, 2.45) is 5.92 Å². The van der Waals surface area contributed by atoms with E-state index in [1.165, 1.54) is 24.0 Å². The molecule has 2 aliphatic rings. The van der Waals surface area contributed by atoms with Gasteiger partial charge in [-0.05, 0) is 43.0 Å². The zero-order valence-corrected chi connectivity index (χ0v) is 10.7. The fraction of sp³-hybridized carbons (Fsp3) is 0.533. The molecule has 0 aromatic heterocycles. The van der Waals surface area contributed by atoms with Crippen LogP contribution in [0.1, 0.15) is 30.4 Å². The molecule has 1 saturated heterocycles. The third kappa shape index (κ3) is 2.41. The average Bonchev–Trinajstić information content (AvgIpc) is 2.84. The smallest absolute Gasteiger partial charge is 0.223 e. The summed E-state index contributed by atoms with van der Waals surface area (Å²) < 4.78 is 0. The summed E-state index contributed by atoms with van der Waals surface area (Å²) in [5.74, 6) is 0.856. The molecule has 2 aliphatic heterocycles. The van der Waals surface area contributed by atoms with Crippen LogP contribution in [0.3, 0.4) is 0 Å². The van der Waals surface area contributed by atoms with Crippen LogP contribution in [-0.4, -0.2) is 23.9 Å². The van der Waals surface area contributed by atoms with Gasteiger partial charge in [-0.3, -0.25) is 4.79 Å². The molecule has 3 nitrogen and oxygen atoms in total. The predicted molar refractivity (Wildman–Crippen MR) is 70.9 cm³/mol. The number of rotatable bonds is 2. The molecule has 0 aliphatic carbocycles. The molecule has 0 spiro atoms. The Kier molecular flexibility index (Phi) is 3.33. The van der Waals surface area contributed by atoms with Crippen molar-refractivity contribution in [3.05, 3.63) is 35.4 Å². The highest BCUT2D eigenvalue weighted by Crippen LogP contribution is 2.24. The molecule has 1 amide bonds. The molecular formula is C15H20N2O. The van der Waals surface area contributed by atoms with Gasteiger partial charge in [0.15, 0.2) is 0 Å². The first-order chi connectivity index (χ1) is 8.83. The Morgan fingerprint density at radius 3 is 2.61 bits per heavy atom. The van der Waals surface area contributed by atoms with Crippen LogP contribution in [0.15, 0.2) is 24.3 Å². The summed E-state index contributed by atoms with van der Waals surface area (Å²) in [6.45, 7) is 3.72. The van der Waals surface area contributed by atoms with E-state index in [2.05, 4.69) is 29.6 Å². The highest BCUT2D eigenvalue weighted by atomic mass is 16.2. The second-order valence-electron chi connectivity index (χ2n) is 5.44. The van der Waals surface area contributed by atoms with Crippen LogP contribution in [0.5, 0.6) is 0 Å². The van der Waals surface area contributed by atoms with Gasteiger partial charge in [-0.2, -0.15) is 0 Å². The molecule has 1 atom stereocenters. The number of hydrogen-bond donors (Lipinski definition) is 1. The molecule has 1 aromatic carbocycles. The van der Waals surface area contributed by atoms with Crippen LogP contribution < -0.4 is 5.32 Å². The summed E-state index contributed by atoms with van der Waals surface area (Å²) in [5, 5.41) is 3.38. The number of hydrogen-bond acceptors (Lipinski definition) is 2. The number of carbonyl (C=O) groups is 1. The molecule has 18 heavy (non-hydrogen) atoms. The van der Waals surface area contributed by atoms with E-state index in [0.717, 1.165) is 26.2 Å². The van der Waals surface area contributed by atoms with Gasteiger partial charge in [0.05, 0.1) is 0 Å². The van der Waals surface area contributed by atoms with Gasteiger partial charge in [-0.25, -0.2) is 0 Å². The van der Waals surface area contributed by atoms with Crippen molar-refractivity contribution in [3.8, 4) is 0 Å². The molecule has 1 fully saturated rings. The van der Waals surface area contributed by atoms with Gasteiger partial charge >= 0.3 is 0 Å². The van der Waals surface area contributed by atoms with Crippen molar-refractivity contribution in [1.29, 1.82) is 0 Å². The molecule has 1 aromatic rings. The monoisotopic (exact) mass is 244 g/mol. The quantitative estimate of drug-likeness (QED) is 0.862. The zero-order chi connectivity index (χ0) is 12.4. The Labute approximate surface area is 108 Å². The SMILES string of the molecule is O=C(CC1CCCNC1)N1Cc2ccccc2C1. The minimum absolute atomic E-state index is 0.319. The summed E-state index contributed by atoms with van der Waals surface area (Å²) in [7, 11) is 0. The lowest BCUT2D eigenvalue weighted by Crippen LogP contribution is -2.34. The summed E-state index contributed by atoms with van der Waals surface area (Å²) >= 11 is 0. The van der Waals surface area contributed by atoms with E-state index in [1.807, 2.05) is 4.90 Å². The van der Waals surface area contributed by atoms with Crippen LogP contribution >= 0.6 is 0 Å². The number of carbonyl (C=O) groups excluding carboxylic acids is 1. The first-order valence-electron chi connectivity index (χ1n) is 6.88. The van der Waals surface area contributed by atoms with Crippen molar-refractivity contribution in [3.63, 3.8) is 0 Å². The summed E-state index contributed by atoms with van der Waals surface area (Å²) in [6, 6.07) is 8.37. The molecule has 3 rings (SSSR count). The zero-order valence-electron chi connectivity index (χ0n) is 10.7. The molecule has 0 bridgehead atoms. The third-order valence-electron chi connectivity index (χ3n) is 4.06. The van der Waals surface area contributed by atoms with Crippen molar-refractivity contribution >= 4 is 5.91 Å². The van der Waals surface area contributed by atoms with Crippen molar-refractivity contribution in [2.45, 2.75) is 32.4 Å². The maximum absolute atomic E-state index is 12.3. The lowest BCUT2D eigenvalue weighted by atomic mass is 9.96. The molecule has 2 heterocycles. The maximum atomic E-state index is 12.3. The van der Waals surface area contributed by atoms with Crippen molar-refractivity contribution in [1.82, 2.24) is 10.2 Å². The summed E-state index contributed by atoms with van der Waals surface area (Å²) in [6.07, 6.45) is 3.11. The van der Waals surface area contributed by atoms with Crippen molar-refractivity contribution in [2.75, 3.05) is 13.1 Å². The molecule has 1 unspecified atom stereocenters. The standard InChI is InChI=1S/C15H20N2O/c18-15(8-12-4-3-7-16-9-12)17-10-13-5-1-2-6-14(13)11-17/h1-2,5-6,12,16H,3-4,7-11H2. The van der Waals surface area contributed by atoms with Gasteiger partial charge in [0.2, 0.25) is 5.91 Å². The van der Waals surface area contributed by atoms with E-state index in [9.17, 15) is 4.79 Å². The molecule has 0 saturated carbocycles. The first kappa shape index (κ1) is 11.7. The second-order valence-corrected chi connectivity index (χ2v) is 5.44. The number of fused-ring (bicyclic) bond motifs is 1. The Morgan fingerprint density at radius 1 is 1.28 bits per heavy atom. The number of benzene rings is 1. The minimum atomic E-state index is 0.319. The van der Waals surface area contributed by atoms with E-state index in [0.29, 0.717) is 18.2 Å². The van der Waals surface area contributed by atoms with Crippen LogP contribution in [0, 0.1) is 5.92 Å². The molecule has 96 valence electrons. The predicted octanol–water partition coefficient (Wildman–Crippen LogP) is 1.92. The highest BCUT2D eigenvalue weighted by Gasteiger charge is 2.25. The van der Waals surface area contributed by atoms with Crippen LogP contribution in [0.25, 0.3) is 0 Å². The van der Waals surface area contributed by atoms with Gasteiger partial charge in [-0.15, -0.1) is 0 Å². The Hall–Kier alpha value is -1.35. The number of piperidine rings is 1. The van der Waals surface area contributed by atoms with Gasteiger partial charge in [-0.1, -0.05) is 24.3 Å². The topological polar surface area (TPSA) is 32.3 Å². The number of amides is 1. The Morgan fingerprint density at radius 2 is 2.00 bits per heavy atom. The number of nitrogens with one attached hydrogen (secondary N) is 1. The van der Waals surface area contributed by atoms with Crippen molar-refractivity contribution < 1.29 is 4.79 Å². The fourth-order valence-electron chi connectivity index (χ4n) is 2.98. The molecule has 1 N–H and O–H groups in total. The lowest BCUT2D eigenvalue weighted by molar-refractivity contribution is -0.132. The van der Waals surface area contributed by atoms with Crippen LogP contribution in [-0.2, 0) is 17.9 Å². The minimum Gasteiger partial charge on any atom is -0.334 e. The Balaban J connectivity index is 1.58. The molecular weight excluding hydrogens is 224 g/mol. The normalized spacial score (nSPS) is 22.9. The largest absolute Gasteiger partial charge is 0.334 e. The van der Waals surface area contributed by atoms with Gasteiger partial charge in [0.25, 0.3) is 0 Å².